The molecule has 0 amide bonds. The van der Waals surface area contributed by atoms with E-state index in [0.29, 0.717) is 25.2 Å². The van der Waals surface area contributed by atoms with Gasteiger partial charge >= 0.3 is 0 Å². The van der Waals surface area contributed by atoms with E-state index in [1.165, 1.54) is 31.1 Å². The van der Waals surface area contributed by atoms with Crippen molar-refractivity contribution in [1.82, 2.24) is 10.3 Å². The van der Waals surface area contributed by atoms with E-state index < -0.39 is 0 Å². The third kappa shape index (κ3) is 6.17. The summed E-state index contributed by atoms with van der Waals surface area (Å²) >= 11 is 0. The second-order valence-corrected chi connectivity index (χ2v) is 9.35. The summed E-state index contributed by atoms with van der Waals surface area (Å²) in [5.41, 5.74) is 3.34. The van der Waals surface area contributed by atoms with Gasteiger partial charge in [-0.05, 0) is 76.3 Å². The molecular formula is C29H40N4O2. The van der Waals surface area contributed by atoms with Crippen LogP contribution in [0.2, 0.25) is 0 Å². The number of nitrogens with zero attached hydrogens (tertiary/aromatic N) is 2. The van der Waals surface area contributed by atoms with Gasteiger partial charge in [0.25, 0.3) is 0 Å². The van der Waals surface area contributed by atoms with Crippen LogP contribution in [-0.4, -0.2) is 44.9 Å². The summed E-state index contributed by atoms with van der Waals surface area (Å²) in [6, 6.07) is 17.2. The second-order valence-electron chi connectivity index (χ2n) is 9.35. The van der Waals surface area contributed by atoms with Crippen molar-refractivity contribution in [2.75, 3.05) is 44.1 Å². The number of para-hydroxylation sites is 1. The van der Waals surface area contributed by atoms with E-state index in [4.69, 9.17) is 14.5 Å². The molecule has 188 valence electrons. The molecule has 6 nitrogen and oxygen atoms in total. The van der Waals surface area contributed by atoms with E-state index in [1.807, 2.05) is 33.0 Å². The Hall–Kier alpha value is -2.99. The first kappa shape index (κ1) is 25.1. The Morgan fingerprint density at radius 2 is 1.74 bits per heavy atom. The maximum Gasteiger partial charge on any atom is 0.131 e. The summed E-state index contributed by atoms with van der Waals surface area (Å²) in [4.78, 5) is 7.34. The molecule has 0 saturated heterocycles. The lowest BCUT2D eigenvalue weighted by molar-refractivity contribution is 0.305. The SMILES string of the molecule is CCOc1ccc(OCC)c(CNCC2CCC(N(C)c3cc(NC)c4ccccc4n3)CC2)c1. The molecule has 2 N–H and O–H groups in total. The molecule has 1 fully saturated rings. The monoisotopic (exact) mass is 476 g/mol. The molecule has 1 aliphatic rings. The average Bonchev–Trinajstić information content (AvgIpc) is 2.89. The summed E-state index contributed by atoms with van der Waals surface area (Å²) in [5, 5.41) is 8.19. The first-order valence-corrected chi connectivity index (χ1v) is 13.0. The third-order valence-corrected chi connectivity index (χ3v) is 7.09. The van der Waals surface area contributed by atoms with Gasteiger partial charge in [-0.15, -0.1) is 0 Å². The van der Waals surface area contributed by atoms with Gasteiger partial charge in [0.1, 0.15) is 17.3 Å². The number of anilines is 2. The lowest BCUT2D eigenvalue weighted by atomic mass is 9.85. The predicted octanol–water partition coefficient (Wildman–Crippen LogP) is 5.86. The van der Waals surface area contributed by atoms with Crippen molar-refractivity contribution < 1.29 is 9.47 Å². The molecule has 3 aromatic rings. The van der Waals surface area contributed by atoms with Crippen LogP contribution >= 0.6 is 0 Å². The molecule has 35 heavy (non-hydrogen) atoms. The molecule has 0 spiro atoms. The number of hydrogen-bond donors (Lipinski definition) is 2. The molecule has 1 heterocycles. The Morgan fingerprint density at radius 3 is 2.49 bits per heavy atom. The Bertz CT molecular complexity index is 1100. The van der Waals surface area contributed by atoms with E-state index in [-0.39, 0.29) is 0 Å². The quantitative estimate of drug-likeness (QED) is 0.362. The highest BCUT2D eigenvalue weighted by Gasteiger charge is 2.25. The molecule has 0 atom stereocenters. The molecule has 2 aromatic carbocycles. The summed E-state index contributed by atoms with van der Waals surface area (Å²) < 4.78 is 11.5. The maximum atomic E-state index is 5.83. The van der Waals surface area contributed by atoms with Gasteiger partial charge in [-0.25, -0.2) is 4.98 Å². The summed E-state index contributed by atoms with van der Waals surface area (Å²) in [6.45, 7) is 7.20. The zero-order chi connectivity index (χ0) is 24.6. The van der Waals surface area contributed by atoms with Crippen LogP contribution in [0.4, 0.5) is 11.5 Å². The molecule has 0 bridgehead atoms. The van der Waals surface area contributed by atoms with E-state index >= 15 is 0 Å². The number of fused-ring (bicyclic) bond motifs is 1. The maximum absolute atomic E-state index is 5.83. The van der Waals surface area contributed by atoms with Crippen molar-refractivity contribution in [1.29, 1.82) is 0 Å². The van der Waals surface area contributed by atoms with Gasteiger partial charge in [0.2, 0.25) is 0 Å². The Labute approximate surface area is 210 Å². The fourth-order valence-electron chi connectivity index (χ4n) is 5.13. The van der Waals surface area contributed by atoms with Crippen LogP contribution in [0.3, 0.4) is 0 Å². The number of ether oxygens (including phenoxy) is 2. The first-order chi connectivity index (χ1) is 17.1. The Morgan fingerprint density at radius 1 is 0.971 bits per heavy atom. The van der Waals surface area contributed by atoms with Gasteiger partial charge in [0.15, 0.2) is 0 Å². The van der Waals surface area contributed by atoms with Crippen LogP contribution in [0, 0.1) is 5.92 Å². The molecule has 1 aliphatic carbocycles. The Balaban J connectivity index is 1.31. The molecule has 0 unspecified atom stereocenters. The highest BCUT2D eigenvalue weighted by Crippen LogP contribution is 2.32. The minimum Gasteiger partial charge on any atom is -0.494 e. The van der Waals surface area contributed by atoms with Crippen LogP contribution in [0.15, 0.2) is 48.5 Å². The van der Waals surface area contributed by atoms with Gasteiger partial charge in [0, 0.05) is 49.4 Å². The lowest BCUT2D eigenvalue weighted by Gasteiger charge is -2.35. The van der Waals surface area contributed by atoms with Crippen LogP contribution < -0.4 is 25.0 Å². The lowest BCUT2D eigenvalue weighted by Crippen LogP contribution is -2.37. The van der Waals surface area contributed by atoms with Crippen LogP contribution in [0.25, 0.3) is 10.9 Å². The van der Waals surface area contributed by atoms with Gasteiger partial charge in [-0.3, -0.25) is 0 Å². The smallest absolute Gasteiger partial charge is 0.131 e. The molecule has 1 saturated carbocycles. The van der Waals surface area contributed by atoms with Crippen molar-refractivity contribution in [2.24, 2.45) is 5.92 Å². The fourth-order valence-corrected chi connectivity index (χ4v) is 5.13. The number of benzene rings is 2. The van der Waals surface area contributed by atoms with Gasteiger partial charge in [0.05, 0.1) is 18.7 Å². The standard InChI is InChI=1S/C29H40N4O2/c1-5-34-24-15-16-28(35-6-2)22(17-24)20-31-19-21-11-13-23(14-12-21)33(4)29-18-27(30-3)25-9-7-8-10-26(25)32-29/h7-10,15-18,21,23,31H,5-6,11-14,19-20H2,1-4H3,(H,30,32). The summed E-state index contributed by atoms with van der Waals surface area (Å²) in [7, 11) is 4.18. The number of nitrogens with one attached hydrogen (secondary N) is 2. The van der Waals surface area contributed by atoms with Crippen molar-refractivity contribution in [2.45, 2.75) is 52.1 Å². The van der Waals surface area contributed by atoms with E-state index in [1.54, 1.807) is 0 Å². The topological polar surface area (TPSA) is 58.7 Å². The molecular weight excluding hydrogens is 436 g/mol. The Kier molecular flexibility index (Phi) is 8.69. The van der Waals surface area contributed by atoms with Crippen molar-refractivity contribution in [3.8, 4) is 11.5 Å². The first-order valence-electron chi connectivity index (χ1n) is 13.0. The number of rotatable bonds is 11. The van der Waals surface area contributed by atoms with Crippen molar-refractivity contribution in [3.63, 3.8) is 0 Å². The number of hydrogen-bond acceptors (Lipinski definition) is 6. The molecule has 6 heteroatoms. The third-order valence-electron chi connectivity index (χ3n) is 7.09. The number of aromatic nitrogens is 1. The zero-order valence-corrected chi connectivity index (χ0v) is 21.6. The minimum absolute atomic E-state index is 0.525. The predicted molar refractivity (Wildman–Crippen MR) is 146 cm³/mol. The van der Waals surface area contributed by atoms with Gasteiger partial charge in [-0.1, -0.05) is 18.2 Å². The minimum atomic E-state index is 0.525. The fraction of sp³-hybridized carbons (Fsp3) is 0.483. The summed E-state index contributed by atoms with van der Waals surface area (Å²) in [6.07, 6.45) is 4.84. The molecule has 0 radical (unpaired) electrons. The van der Waals surface area contributed by atoms with E-state index in [2.05, 4.69) is 59.0 Å². The normalized spacial score (nSPS) is 17.8. The highest BCUT2D eigenvalue weighted by atomic mass is 16.5. The van der Waals surface area contributed by atoms with Gasteiger partial charge in [-0.2, -0.15) is 0 Å². The average molecular weight is 477 g/mol. The zero-order valence-electron chi connectivity index (χ0n) is 21.6. The molecule has 0 aliphatic heterocycles. The molecule has 4 rings (SSSR count). The largest absolute Gasteiger partial charge is 0.494 e. The summed E-state index contributed by atoms with van der Waals surface area (Å²) in [5.74, 6) is 3.59. The van der Waals surface area contributed by atoms with Gasteiger partial charge < -0.3 is 25.0 Å². The second kappa shape index (κ2) is 12.1. The number of pyridine rings is 1. The van der Waals surface area contributed by atoms with Crippen molar-refractivity contribution in [3.05, 3.63) is 54.1 Å². The van der Waals surface area contributed by atoms with Crippen LogP contribution in [0.1, 0.15) is 45.1 Å². The van der Waals surface area contributed by atoms with E-state index in [9.17, 15) is 0 Å². The van der Waals surface area contributed by atoms with E-state index in [0.717, 1.165) is 47.2 Å². The van der Waals surface area contributed by atoms with Crippen LogP contribution in [-0.2, 0) is 6.54 Å². The molecule has 1 aromatic heterocycles. The highest BCUT2D eigenvalue weighted by molar-refractivity contribution is 5.93. The van der Waals surface area contributed by atoms with Crippen LogP contribution in [0.5, 0.6) is 11.5 Å². The van der Waals surface area contributed by atoms with Crippen molar-refractivity contribution >= 4 is 22.4 Å².